The summed E-state index contributed by atoms with van der Waals surface area (Å²) in [6, 6.07) is 18.6. The highest BCUT2D eigenvalue weighted by Crippen LogP contribution is 2.21. The van der Waals surface area contributed by atoms with Crippen LogP contribution < -0.4 is 20.3 Å². The number of hydrogen-bond donors (Lipinski definition) is 3. The van der Waals surface area contributed by atoms with Crippen molar-refractivity contribution in [3.63, 3.8) is 0 Å². The maximum absolute atomic E-state index is 13.0. The molecule has 0 unspecified atom stereocenters. The van der Waals surface area contributed by atoms with Gasteiger partial charge >= 0.3 is 0 Å². The number of halogens is 1. The SMILES string of the molecule is Cc1cc(=O)[nH]c(-c2cccc(NC(=O)COc3ccc(S(=O)(=O)Nc4ccc(F)cc4)cc3)c2)n1. The van der Waals surface area contributed by atoms with Crippen LogP contribution in [0.25, 0.3) is 11.4 Å². The number of aryl methyl sites for hydroxylation is 1. The summed E-state index contributed by atoms with van der Waals surface area (Å²) in [5.74, 6) is -0.235. The molecular formula is C25H21FN4O5S. The minimum atomic E-state index is -3.88. The zero-order valence-electron chi connectivity index (χ0n) is 19.0. The summed E-state index contributed by atoms with van der Waals surface area (Å²) in [7, 11) is -3.88. The number of anilines is 2. The van der Waals surface area contributed by atoms with Crippen molar-refractivity contribution in [3.8, 4) is 17.1 Å². The Hall–Kier alpha value is -4.51. The molecule has 4 rings (SSSR count). The van der Waals surface area contributed by atoms with Crippen LogP contribution in [0.15, 0.2) is 88.6 Å². The van der Waals surface area contributed by atoms with E-state index in [4.69, 9.17) is 4.74 Å². The lowest BCUT2D eigenvalue weighted by Gasteiger charge is -2.10. The van der Waals surface area contributed by atoms with Gasteiger partial charge in [0.2, 0.25) is 0 Å². The van der Waals surface area contributed by atoms with Crippen molar-refractivity contribution in [2.24, 2.45) is 0 Å². The standard InChI is InChI=1S/C25H21FN4O5S/c1-16-13-23(31)29-25(27-16)17-3-2-4-20(14-17)28-24(32)15-35-21-9-11-22(12-10-21)36(33,34)30-19-7-5-18(26)6-8-19/h2-14,30H,15H2,1H3,(H,28,32)(H,27,29,31). The number of aromatic nitrogens is 2. The molecule has 0 atom stereocenters. The van der Waals surface area contributed by atoms with Crippen molar-refractivity contribution in [2.75, 3.05) is 16.6 Å². The summed E-state index contributed by atoms with van der Waals surface area (Å²) in [6.07, 6.45) is 0. The molecule has 11 heteroatoms. The van der Waals surface area contributed by atoms with Gasteiger partial charge in [0.15, 0.2) is 6.61 Å². The second-order valence-corrected chi connectivity index (χ2v) is 9.42. The zero-order chi connectivity index (χ0) is 25.7. The summed E-state index contributed by atoms with van der Waals surface area (Å²) >= 11 is 0. The predicted molar refractivity (Wildman–Crippen MR) is 133 cm³/mol. The molecule has 0 saturated heterocycles. The first-order valence-electron chi connectivity index (χ1n) is 10.7. The van der Waals surface area contributed by atoms with Crippen LogP contribution in [0.2, 0.25) is 0 Å². The van der Waals surface area contributed by atoms with Gasteiger partial charge in [-0.1, -0.05) is 12.1 Å². The second kappa shape index (κ2) is 10.4. The Labute approximate surface area is 206 Å². The molecule has 0 aliphatic carbocycles. The highest BCUT2D eigenvalue weighted by Gasteiger charge is 2.15. The first-order chi connectivity index (χ1) is 17.2. The maximum atomic E-state index is 13.0. The number of aromatic amines is 1. The third-order valence-electron chi connectivity index (χ3n) is 4.89. The molecule has 3 N–H and O–H groups in total. The number of nitrogens with zero attached hydrogens (tertiary/aromatic N) is 1. The number of rotatable bonds is 8. The molecule has 0 bridgehead atoms. The van der Waals surface area contributed by atoms with Gasteiger partial charge < -0.3 is 15.0 Å². The molecule has 1 amide bonds. The van der Waals surface area contributed by atoms with Crippen LogP contribution in [0.3, 0.4) is 0 Å². The van der Waals surface area contributed by atoms with Crippen LogP contribution in [0.5, 0.6) is 5.75 Å². The zero-order valence-corrected chi connectivity index (χ0v) is 19.8. The Bertz CT molecular complexity index is 1550. The topological polar surface area (TPSA) is 130 Å². The first-order valence-corrected chi connectivity index (χ1v) is 12.2. The first kappa shape index (κ1) is 24.6. The van der Waals surface area contributed by atoms with E-state index in [9.17, 15) is 22.4 Å². The third kappa shape index (κ3) is 6.33. The van der Waals surface area contributed by atoms with Gasteiger partial charge in [-0.25, -0.2) is 17.8 Å². The Balaban J connectivity index is 1.35. The number of hydrogen-bond acceptors (Lipinski definition) is 6. The largest absolute Gasteiger partial charge is 0.484 e. The molecule has 3 aromatic carbocycles. The van der Waals surface area contributed by atoms with Crippen molar-refractivity contribution in [3.05, 3.63) is 101 Å². The number of H-pyrrole nitrogens is 1. The summed E-state index contributed by atoms with van der Waals surface area (Å²) in [6.45, 7) is 1.40. The lowest BCUT2D eigenvalue weighted by molar-refractivity contribution is -0.118. The summed E-state index contributed by atoms with van der Waals surface area (Å²) in [5.41, 5.74) is 1.63. The molecular weight excluding hydrogens is 487 g/mol. The maximum Gasteiger partial charge on any atom is 0.262 e. The molecule has 0 aliphatic rings. The van der Waals surface area contributed by atoms with Crippen molar-refractivity contribution in [1.82, 2.24) is 9.97 Å². The fourth-order valence-corrected chi connectivity index (χ4v) is 4.31. The number of nitrogens with one attached hydrogen (secondary N) is 3. The van der Waals surface area contributed by atoms with Gasteiger partial charge in [0.05, 0.1) is 4.90 Å². The van der Waals surface area contributed by atoms with E-state index in [1.54, 1.807) is 31.2 Å². The van der Waals surface area contributed by atoms with Crippen LogP contribution in [0, 0.1) is 12.7 Å². The Kier molecular flexibility index (Phi) is 7.11. The number of carbonyl (C=O) groups excluding carboxylic acids is 1. The van der Waals surface area contributed by atoms with E-state index in [1.807, 2.05) is 0 Å². The minimum absolute atomic E-state index is 0.0248. The lowest BCUT2D eigenvalue weighted by atomic mass is 10.2. The van der Waals surface area contributed by atoms with Crippen molar-refractivity contribution in [2.45, 2.75) is 11.8 Å². The second-order valence-electron chi connectivity index (χ2n) is 7.74. The molecule has 0 aliphatic heterocycles. The molecule has 9 nitrogen and oxygen atoms in total. The van der Waals surface area contributed by atoms with Crippen LogP contribution >= 0.6 is 0 Å². The van der Waals surface area contributed by atoms with Gasteiger partial charge in [-0.15, -0.1) is 0 Å². The van der Waals surface area contributed by atoms with E-state index in [1.165, 1.54) is 42.5 Å². The summed E-state index contributed by atoms with van der Waals surface area (Å²) in [5, 5.41) is 2.70. The summed E-state index contributed by atoms with van der Waals surface area (Å²) in [4.78, 5) is 31.0. The number of amides is 1. The van der Waals surface area contributed by atoms with E-state index in [-0.39, 0.29) is 22.7 Å². The average molecular weight is 509 g/mol. The van der Waals surface area contributed by atoms with Gasteiger partial charge in [0.1, 0.15) is 17.4 Å². The van der Waals surface area contributed by atoms with E-state index < -0.39 is 21.7 Å². The molecule has 1 heterocycles. The van der Waals surface area contributed by atoms with E-state index >= 15 is 0 Å². The van der Waals surface area contributed by atoms with E-state index in [0.29, 0.717) is 28.5 Å². The minimum Gasteiger partial charge on any atom is -0.484 e. The van der Waals surface area contributed by atoms with Crippen molar-refractivity contribution < 1.29 is 22.3 Å². The lowest BCUT2D eigenvalue weighted by Crippen LogP contribution is -2.20. The van der Waals surface area contributed by atoms with Crippen LogP contribution in [-0.4, -0.2) is 30.9 Å². The fourth-order valence-electron chi connectivity index (χ4n) is 3.25. The monoisotopic (exact) mass is 508 g/mol. The molecule has 0 spiro atoms. The predicted octanol–water partition coefficient (Wildman–Crippen LogP) is 3.70. The van der Waals surface area contributed by atoms with Gasteiger partial charge in [0.25, 0.3) is 21.5 Å². The van der Waals surface area contributed by atoms with Crippen molar-refractivity contribution >= 4 is 27.3 Å². The van der Waals surface area contributed by atoms with Crippen LogP contribution in [0.4, 0.5) is 15.8 Å². The number of sulfonamides is 1. The molecule has 0 radical (unpaired) electrons. The van der Waals surface area contributed by atoms with Gasteiger partial charge in [0, 0.05) is 28.7 Å². The highest BCUT2D eigenvalue weighted by atomic mass is 32.2. The highest BCUT2D eigenvalue weighted by molar-refractivity contribution is 7.92. The fraction of sp³-hybridized carbons (Fsp3) is 0.0800. The molecule has 1 aromatic heterocycles. The van der Waals surface area contributed by atoms with Crippen LogP contribution in [0.1, 0.15) is 5.69 Å². The number of ether oxygens (including phenoxy) is 1. The molecule has 0 saturated carbocycles. The Morgan fingerprint density at radius 1 is 1.00 bits per heavy atom. The molecule has 184 valence electrons. The van der Waals surface area contributed by atoms with Crippen LogP contribution in [-0.2, 0) is 14.8 Å². The Morgan fingerprint density at radius 2 is 1.72 bits per heavy atom. The van der Waals surface area contributed by atoms with Gasteiger partial charge in [-0.2, -0.15) is 0 Å². The van der Waals surface area contributed by atoms with E-state index in [0.717, 1.165) is 12.1 Å². The summed E-state index contributed by atoms with van der Waals surface area (Å²) < 4.78 is 45.8. The van der Waals surface area contributed by atoms with Gasteiger partial charge in [-0.05, 0) is 67.6 Å². The normalized spacial score (nSPS) is 11.1. The molecule has 36 heavy (non-hydrogen) atoms. The third-order valence-corrected chi connectivity index (χ3v) is 6.29. The molecule has 4 aromatic rings. The van der Waals surface area contributed by atoms with E-state index in [2.05, 4.69) is 20.0 Å². The molecule has 0 fully saturated rings. The van der Waals surface area contributed by atoms with Gasteiger partial charge in [-0.3, -0.25) is 14.3 Å². The average Bonchev–Trinajstić information content (AvgIpc) is 2.84. The quantitative estimate of drug-likeness (QED) is 0.333. The Morgan fingerprint density at radius 3 is 2.42 bits per heavy atom. The smallest absolute Gasteiger partial charge is 0.262 e. The van der Waals surface area contributed by atoms with Crippen molar-refractivity contribution in [1.29, 1.82) is 0 Å². The number of carbonyl (C=O) groups is 1. The number of benzene rings is 3.